The van der Waals surface area contributed by atoms with Crippen molar-refractivity contribution in [1.29, 1.82) is 0 Å². The standard InChI is InChI=1S/C30H32BrCl2N3O4S/c1-21(30(38)34-25-8-4-2-5-9-25)35(19-22-12-14-23(31)15-13-22)29(37)20-36(28-18-24(32)16-17-27(28)33)41(39,40)26-10-6-3-7-11-26/h3,6-7,10-18,21,25H,2,4-5,8-9,19-20H2,1H3,(H,34,38)/t21-/m0/s1. The largest absolute Gasteiger partial charge is 0.352 e. The van der Waals surface area contributed by atoms with E-state index in [0.29, 0.717) is 0 Å². The van der Waals surface area contributed by atoms with Gasteiger partial charge in [0.2, 0.25) is 11.8 Å². The van der Waals surface area contributed by atoms with E-state index >= 15 is 0 Å². The third kappa shape index (κ3) is 8.03. The molecule has 2 amide bonds. The van der Waals surface area contributed by atoms with Gasteiger partial charge < -0.3 is 10.2 Å². The molecule has 1 N–H and O–H groups in total. The zero-order valence-electron chi connectivity index (χ0n) is 22.6. The Balaban J connectivity index is 1.69. The topological polar surface area (TPSA) is 86.8 Å². The van der Waals surface area contributed by atoms with E-state index < -0.39 is 28.5 Å². The summed E-state index contributed by atoms with van der Waals surface area (Å²) in [7, 11) is -4.23. The predicted molar refractivity (Wildman–Crippen MR) is 167 cm³/mol. The van der Waals surface area contributed by atoms with Crippen LogP contribution < -0.4 is 9.62 Å². The highest BCUT2D eigenvalue weighted by atomic mass is 79.9. The van der Waals surface area contributed by atoms with Gasteiger partial charge in [0.1, 0.15) is 12.6 Å². The third-order valence-corrected chi connectivity index (χ3v) is 10.0. The molecule has 218 valence electrons. The summed E-state index contributed by atoms with van der Waals surface area (Å²) in [5.74, 6) is -0.838. The van der Waals surface area contributed by atoms with E-state index in [1.54, 1.807) is 31.2 Å². The third-order valence-electron chi connectivity index (χ3n) is 7.17. The first kappa shape index (κ1) is 31.3. The van der Waals surface area contributed by atoms with E-state index in [9.17, 15) is 18.0 Å². The number of halogens is 3. The maximum Gasteiger partial charge on any atom is 0.264 e. The highest BCUT2D eigenvalue weighted by Gasteiger charge is 2.34. The minimum Gasteiger partial charge on any atom is -0.352 e. The lowest BCUT2D eigenvalue weighted by molar-refractivity contribution is -0.139. The molecule has 0 radical (unpaired) electrons. The van der Waals surface area contributed by atoms with Gasteiger partial charge in [0.15, 0.2) is 0 Å². The molecule has 0 unspecified atom stereocenters. The fraction of sp³-hybridized carbons (Fsp3) is 0.333. The number of carbonyl (C=O) groups is 2. The van der Waals surface area contributed by atoms with E-state index in [4.69, 9.17) is 23.2 Å². The molecule has 1 aliphatic carbocycles. The normalized spacial score (nSPS) is 14.7. The van der Waals surface area contributed by atoms with Crippen molar-refractivity contribution < 1.29 is 18.0 Å². The molecule has 1 atom stereocenters. The Morgan fingerprint density at radius 2 is 1.63 bits per heavy atom. The molecule has 0 saturated heterocycles. The second-order valence-corrected chi connectivity index (χ2v) is 13.7. The van der Waals surface area contributed by atoms with Gasteiger partial charge in [0.25, 0.3) is 10.0 Å². The first-order valence-corrected chi connectivity index (χ1v) is 16.4. The molecule has 11 heteroatoms. The lowest BCUT2D eigenvalue weighted by Gasteiger charge is -2.33. The summed E-state index contributed by atoms with van der Waals surface area (Å²) in [6.45, 7) is 1.18. The van der Waals surface area contributed by atoms with Gasteiger partial charge in [-0.05, 0) is 67.8 Å². The van der Waals surface area contributed by atoms with Crippen LogP contribution in [-0.4, -0.2) is 43.8 Å². The number of amides is 2. The maximum absolute atomic E-state index is 14.1. The van der Waals surface area contributed by atoms with E-state index in [1.807, 2.05) is 24.3 Å². The molecule has 1 fully saturated rings. The van der Waals surface area contributed by atoms with Crippen LogP contribution in [0, 0.1) is 0 Å². The van der Waals surface area contributed by atoms with Gasteiger partial charge in [-0.3, -0.25) is 13.9 Å². The second kappa shape index (κ2) is 14.1. The quantitative estimate of drug-likeness (QED) is 0.255. The van der Waals surface area contributed by atoms with Gasteiger partial charge >= 0.3 is 0 Å². The van der Waals surface area contributed by atoms with Crippen LogP contribution in [0.3, 0.4) is 0 Å². The van der Waals surface area contributed by atoms with Crippen LogP contribution in [0.15, 0.2) is 82.2 Å². The van der Waals surface area contributed by atoms with Crippen LogP contribution in [0.4, 0.5) is 5.69 Å². The average molecular weight is 681 g/mol. The Labute approximate surface area is 260 Å². The number of hydrogen-bond acceptors (Lipinski definition) is 4. The van der Waals surface area contributed by atoms with Gasteiger partial charge in [-0.15, -0.1) is 0 Å². The molecule has 0 spiro atoms. The Bertz CT molecular complexity index is 1470. The molecule has 3 aromatic carbocycles. The number of rotatable bonds is 10. The van der Waals surface area contributed by atoms with Crippen molar-refractivity contribution in [3.63, 3.8) is 0 Å². The van der Waals surface area contributed by atoms with Gasteiger partial charge in [0, 0.05) is 22.1 Å². The number of nitrogens with one attached hydrogen (secondary N) is 1. The van der Waals surface area contributed by atoms with Crippen molar-refractivity contribution in [1.82, 2.24) is 10.2 Å². The summed E-state index contributed by atoms with van der Waals surface area (Å²) >= 11 is 16.1. The number of sulfonamides is 1. The number of nitrogens with zero attached hydrogens (tertiary/aromatic N) is 2. The summed E-state index contributed by atoms with van der Waals surface area (Å²) in [5, 5.41) is 3.47. The molecule has 0 aromatic heterocycles. The molecule has 0 aliphatic heterocycles. The molecule has 7 nitrogen and oxygen atoms in total. The van der Waals surface area contributed by atoms with Crippen molar-refractivity contribution >= 4 is 66.7 Å². The molecule has 1 saturated carbocycles. The fourth-order valence-electron chi connectivity index (χ4n) is 4.85. The van der Waals surface area contributed by atoms with Crippen LogP contribution >= 0.6 is 39.1 Å². The van der Waals surface area contributed by atoms with Crippen LogP contribution in [-0.2, 0) is 26.2 Å². The first-order valence-electron chi connectivity index (χ1n) is 13.4. The molecule has 0 bridgehead atoms. The summed E-state index contributed by atoms with van der Waals surface area (Å²) in [6, 6.07) is 18.8. The zero-order chi connectivity index (χ0) is 29.6. The van der Waals surface area contributed by atoms with Crippen molar-refractivity contribution in [2.75, 3.05) is 10.8 Å². The Morgan fingerprint density at radius 1 is 0.976 bits per heavy atom. The van der Waals surface area contributed by atoms with Gasteiger partial charge in [-0.2, -0.15) is 0 Å². The zero-order valence-corrected chi connectivity index (χ0v) is 26.5. The van der Waals surface area contributed by atoms with E-state index in [-0.39, 0.29) is 39.1 Å². The van der Waals surface area contributed by atoms with E-state index in [0.717, 1.165) is 46.4 Å². The molecular weight excluding hydrogens is 649 g/mol. The molecule has 3 aromatic rings. The average Bonchev–Trinajstić information content (AvgIpc) is 2.97. The SMILES string of the molecule is C[C@@H](C(=O)NC1CCCCC1)N(Cc1ccc(Br)cc1)C(=O)CN(c1cc(Cl)ccc1Cl)S(=O)(=O)c1ccccc1. The van der Waals surface area contributed by atoms with Gasteiger partial charge in [-0.25, -0.2) is 8.42 Å². The minimum atomic E-state index is -4.23. The second-order valence-electron chi connectivity index (χ2n) is 10.1. The predicted octanol–water partition coefficient (Wildman–Crippen LogP) is 6.82. The highest BCUT2D eigenvalue weighted by molar-refractivity contribution is 9.10. The summed E-state index contributed by atoms with van der Waals surface area (Å²) in [5.41, 5.74) is 0.858. The maximum atomic E-state index is 14.1. The molecule has 41 heavy (non-hydrogen) atoms. The van der Waals surface area contributed by atoms with Crippen LogP contribution in [0.1, 0.15) is 44.6 Å². The smallest absolute Gasteiger partial charge is 0.264 e. The van der Waals surface area contributed by atoms with Crippen molar-refractivity contribution in [3.05, 3.63) is 92.9 Å². The van der Waals surface area contributed by atoms with Crippen LogP contribution in [0.2, 0.25) is 10.0 Å². The molecule has 0 heterocycles. The summed E-state index contributed by atoms with van der Waals surface area (Å²) in [4.78, 5) is 28.9. The fourth-order valence-corrected chi connectivity index (χ4v) is 6.99. The number of benzene rings is 3. The first-order chi connectivity index (χ1) is 19.6. The van der Waals surface area contributed by atoms with Gasteiger partial charge in [-0.1, -0.05) is 88.7 Å². The van der Waals surface area contributed by atoms with Gasteiger partial charge in [0.05, 0.1) is 15.6 Å². The van der Waals surface area contributed by atoms with Crippen LogP contribution in [0.25, 0.3) is 0 Å². The molecular formula is C30H32BrCl2N3O4S. The van der Waals surface area contributed by atoms with Crippen molar-refractivity contribution in [2.24, 2.45) is 0 Å². The molecule has 1 aliphatic rings. The Kier molecular flexibility index (Phi) is 10.7. The minimum absolute atomic E-state index is 0.00797. The monoisotopic (exact) mass is 679 g/mol. The van der Waals surface area contributed by atoms with Crippen molar-refractivity contribution in [2.45, 2.75) is 62.6 Å². The number of hydrogen-bond donors (Lipinski definition) is 1. The van der Waals surface area contributed by atoms with Crippen molar-refractivity contribution in [3.8, 4) is 0 Å². The summed E-state index contributed by atoms with van der Waals surface area (Å²) in [6.07, 6.45) is 5.04. The van der Waals surface area contributed by atoms with E-state index in [1.165, 1.54) is 29.2 Å². The number of carbonyl (C=O) groups excluding carboxylic acids is 2. The Morgan fingerprint density at radius 3 is 2.29 bits per heavy atom. The molecule has 4 rings (SSSR count). The summed E-state index contributed by atoms with van der Waals surface area (Å²) < 4.78 is 29.6. The number of anilines is 1. The lowest BCUT2D eigenvalue weighted by Crippen LogP contribution is -2.53. The van der Waals surface area contributed by atoms with Crippen LogP contribution in [0.5, 0.6) is 0 Å². The lowest BCUT2D eigenvalue weighted by atomic mass is 9.95. The Hall–Kier alpha value is -2.59. The van der Waals surface area contributed by atoms with E-state index in [2.05, 4.69) is 21.2 Å². The highest BCUT2D eigenvalue weighted by Crippen LogP contribution is 2.33.